The van der Waals surface area contributed by atoms with E-state index in [4.69, 9.17) is 5.11 Å². The van der Waals surface area contributed by atoms with E-state index in [1.54, 1.807) is 4.90 Å². The first kappa shape index (κ1) is 14.7. The lowest BCUT2D eigenvalue weighted by Crippen LogP contribution is -2.36. The quantitative estimate of drug-likeness (QED) is 0.782. The van der Waals surface area contributed by atoms with Crippen LogP contribution < -0.4 is 0 Å². The van der Waals surface area contributed by atoms with Crippen LogP contribution in [-0.2, 0) is 9.59 Å². The average molecular weight is 253 g/mol. The summed E-state index contributed by atoms with van der Waals surface area (Å²) in [6, 6.07) is 0. The Labute approximate surface area is 109 Å². The molecule has 4 heteroatoms. The Bertz CT molecular complexity index is 337. The molecule has 1 rings (SSSR count). The zero-order valence-electron chi connectivity index (χ0n) is 11.5. The van der Waals surface area contributed by atoms with Gasteiger partial charge in [0.2, 0.25) is 5.91 Å². The van der Waals surface area contributed by atoms with E-state index in [-0.39, 0.29) is 11.8 Å². The monoisotopic (exact) mass is 253 g/mol. The van der Waals surface area contributed by atoms with Gasteiger partial charge in [0.15, 0.2) is 0 Å². The van der Waals surface area contributed by atoms with E-state index < -0.39 is 5.97 Å². The highest BCUT2D eigenvalue weighted by Crippen LogP contribution is 2.29. The minimum Gasteiger partial charge on any atom is -0.478 e. The van der Waals surface area contributed by atoms with Gasteiger partial charge in [-0.15, -0.1) is 0 Å². The first-order chi connectivity index (χ1) is 8.40. The lowest BCUT2D eigenvalue weighted by molar-refractivity contribution is -0.135. The largest absolute Gasteiger partial charge is 0.478 e. The average Bonchev–Trinajstić information content (AvgIpc) is 2.27. The van der Waals surface area contributed by atoms with Gasteiger partial charge in [0.25, 0.3) is 0 Å². The number of carbonyl (C=O) groups is 2. The van der Waals surface area contributed by atoms with Crippen molar-refractivity contribution in [1.82, 2.24) is 4.90 Å². The van der Waals surface area contributed by atoms with Crippen LogP contribution in [0.15, 0.2) is 11.6 Å². The number of carbonyl (C=O) groups excluding carboxylic acids is 1. The summed E-state index contributed by atoms with van der Waals surface area (Å²) >= 11 is 0. The van der Waals surface area contributed by atoms with Crippen LogP contribution >= 0.6 is 0 Å². The normalized spacial score (nSPS) is 19.8. The lowest BCUT2D eigenvalue weighted by Gasteiger charge is -2.28. The summed E-state index contributed by atoms with van der Waals surface area (Å²) in [7, 11) is 1.85. The molecule has 0 bridgehead atoms. The summed E-state index contributed by atoms with van der Waals surface area (Å²) in [5.41, 5.74) is 0.957. The Morgan fingerprint density at radius 1 is 1.39 bits per heavy atom. The fraction of sp³-hybridized carbons (Fsp3) is 0.714. The molecule has 0 aromatic carbocycles. The molecule has 18 heavy (non-hydrogen) atoms. The maximum Gasteiger partial charge on any atom is 0.328 e. The second kappa shape index (κ2) is 6.57. The van der Waals surface area contributed by atoms with Gasteiger partial charge in [0, 0.05) is 25.6 Å². The fourth-order valence-corrected chi connectivity index (χ4v) is 2.50. The Morgan fingerprint density at radius 3 is 2.39 bits per heavy atom. The maximum absolute atomic E-state index is 12.2. The van der Waals surface area contributed by atoms with Crippen LogP contribution in [0.2, 0.25) is 0 Å². The summed E-state index contributed by atoms with van der Waals surface area (Å²) in [4.78, 5) is 24.5. The summed E-state index contributed by atoms with van der Waals surface area (Å²) in [6.45, 7) is 4.98. The highest BCUT2D eigenvalue weighted by molar-refractivity contribution is 5.81. The Balaban J connectivity index is 2.47. The Morgan fingerprint density at radius 2 is 1.94 bits per heavy atom. The molecule has 0 saturated heterocycles. The van der Waals surface area contributed by atoms with Crippen LogP contribution in [0.1, 0.15) is 39.5 Å². The molecule has 1 amide bonds. The molecule has 0 radical (unpaired) electrons. The molecule has 1 aliphatic carbocycles. The molecule has 4 nitrogen and oxygen atoms in total. The molecule has 0 aromatic rings. The second-order valence-electron chi connectivity index (χ2n) is 5.53. The van der Waals surface area contributed by atoms with Crippen molar-refractivity contribution in [3.63, 3.8) is 0 Å². The van der Waals surface area contributed by atoms with E-state index in [2.05, 4.69) is 13.8 Å². The molecule has 1 saturated carbocycles. The minimum atomic E-state index is -0.883. The summed E-state index contributed by atoms with van der Waals surface area (Å²) in [5, 5.41) is 8.68. The van der Waals surface area contributed by atoms with Crippen molar-refractivity contribution >= 4 is 11.9 Å². The number of carboxylic acid groups (broad SMARTS) is 1. The maximum atomic E-state index is 12.2. The van der Waals surface area contributed by atoms with Crippen molar-refractivity contribution in [3.05, 3.63) is 11.6 Å². The number of aliphatic carboxylic acids is 1. The van der Waals surface area contributed by atoms with Gasteiger partial charge < -0.3 is 10.0 Å². The number of rotatable bonds is 4. The smallest absolute Gasteiger partial charge is 0.328 e. The highest BCUT2D eigenvalue weighted by atomic mass is 16.4. The fourth-order valence-electron chi connectivity index (χ4n) is 2.50. The predicted octanol–water partition coefficient (Wildman–Crippen LogP) is 2.30. The lowest BCUT2D eigenvalue weighted by atomic mass is 9.84. The second-order valence-corrected chi connectivity index (χ2v) is 5.53. The number of nitrogens with zero attached hydrogens (tertiary/aromatic N) is 1. The van der Waals surface area contributed by atoms with Gasteiger partial charge in [0.05, 0.1) is 0 Å². The molecule has 1 N–H and O–H groups in total. The molecular weight excluding hydrogens is 230 g/mol. The number of allylic oxidation sites excluding steroid dienone is 1. The van der Waals surface area contributed by atoms with Crippen LogP contribution in [0.25, 0.3) is 0 Å². The number of carboxylic acids is 1. The van der Waals surface area contributed by atoms with Crippen LogP contribution in [0.5, 0.6) is 0 Å². The summed E-state index contributed by atoms with van der Waals surface area (Å²) in [6.07, 6.45) is 4.32. The molecule has 0 spiro atoms. The van der Waals surface area contributed by atoms with Gasteiger partial charge in [-0.2, -0.15) is 0 Å². The minimum absolute atomic E-state index is 0.0692. The topological polar surface area (TPSA) is 57.6 Å². The van der Waals surface area contributed by atoms with Gasteiger partial charge in [0.1, 0.15) is 0 Å². The predicted molar refractivity (Wildman–Crippen MR) is 70.2 cm³/mol. The van der Waals surface area contributed by atoms with E-state index in [1.165, 1.54) is 6.08 Å². The number of amides is 1. The molecule has 0 aromatic heterocycles. The third kappa shape index (κ3) is 4.51. The van der Waals surface area contributed by atoms with E-state index in [9.17, 15) is 9.59 Å². The SMILES string of the molecule is CC(C)CN(C)C(=O)C1CCC(=CC(=O)O)CC1. The molecular formula is C14H23NO3. The Hall–Kier alpha value is -1.32. The molecule has 1 fully saturated rings. The molecule has 0 atom stereocenters. The van der Waals surface area contributed by atoms with Crippen LogP contribution in [0.4, 0.5) is 0 Å². The van der Waals surface area contributed by atoms with Crippen molar-refractivity contribution < 1.29 is 14.7 Å². The van der Waals surface area contributed by atoms with Gasteiger partial charge in [-0.25, -0.2) is 4.79 Å². The van der Waals surface area contributed by atoms with Gasteiger partial charge in [-0.1, -0.05) is 19.4 Å². The van der Waals surface area contributed by atoms with Crippen molar-refractivity contribution in [2.75, 3.05) is 13.6 Å². The highest BCUT2D eigenvalue weighted by Gasteiger charge is 2.26. The van der Waals surface area contributed by atoms with E-state index in [0.29, 0.717) is 5.92 Å². The molecule has 0 unspecified atom stereocenters. The van der Waals surface area contributed by atoms with Gasteiger partial charge >= 0.3 is 5.97 Å². The third-order valence-electron chi connectivity index (χ3n) is 3.32. The molecule has 1 aliphatic rings. The Kier molecular flexibility index (Phi) is 5.38. The van der Waals surface area contributed by atoms with E-state index >= 15 is 0 Å². The zero-order valence-corrected chi connectivity index (χ0v) is 11.5. The molecule has 0 aliphatic heterocycles. The first-order valence-electron chi connectivity index (χ1n) is 6.57. The van der Waals surface area contributed by atoms with Crippen molar-refractivity contribution in [1.29, 1.82) is 0 Å². The summed E-state index contributed by atoms with van der Waals surface area (Å²) < 4.78 is 0. The first-order valence-corrected chi connectivity index (χ1v) is 6.57. The van der Waals surface area contributed by atoms with Crippen molar-refractivity contribution in [2.45, 2.75) is 39.5 Å². The zero-order chi connectivity index (χ0) is 13.7. The van der Waals surface area contributed by atoms with Crippen LogP contribution in [-0.4, -0.2) is 35.5 Å². The van der Waals surface area contributed by atoms with Gasteiger partial charge in [-0.05, 0) is 31.6 Å². The van der Waals surface area contributed by atoms with E-state index in [0.717, 1.165) is 37.8 Å². The molecule has 0 heterocycles. The van der Waals surface area contributed by atoms with E-state index in [1.807, 2.05) is 7.05 Å². The van der Waals surface area contributed by atoms with Crippen LogP contribution in [0.3, 0.4) is 0 Å². The number of hydrogen-bond acceptors (Lipinski definition) is 2. The summed E-state index contributed by atoms with van der Waals surface area (Å²) in [5.74, 6) is -0.130. The number of hydrogen-bond donors (Lipinski definition) is 1. The standard InChI is InChI=1S/C14H23NO3/c1-10(2)9-15(3)14(18)12-6-4-11(5-7-12)8-13(16)17/h8,10,12H,4-7,9H2,1-3H3,(H,16,17). The van der Waals surface area contributed by atoms with Crippen molar-refractivity contribution in [3.8, 4) is 0 Å². The molecule has 102 valence electrons. The van der Waals surface area contributed by atoms with Crippen molar-refractivity contribution in [2.24, 2.45) is 11.8 Å². The van der Waals surface area contributed by atoms with Gasteiger partial charge in [-0.3, -0.25) is 4.79 Å². The third-order valence-corrected chi connectivity index (χ3v) is 3.32. The van der Waals surface area contributed by atoms with Crippen LogP contribution in [0, 0.1) is 11.8 Å².